The van der Waals surface area contributed by atoms with Crippen LogP contribution in [0.4, 0.5) is 0 Å². The molecule has 0 fully saturated rings. The summed E-state index contributed by atoms with van der Waals surface area (Å²) < 4.78 is 47.4. The lowest BCUT2D eigenvalue weighted by Gasteiger charge is -2.06. The van der Waals surface area contributed by atoms with Gasteiger partial charge in [-0.1, -0.05) is 6.08 Å². The molecule has 0 amide bonds. The summed E-state index contributed by atoms with van der Waals surface area (Å²) in [6.07, 6.45) is 2.64. The average molecular weight is 290 g/mol. The molecule has 0 atom stereocenters. The Bertz CT molecular complexity index is 542. The number of methoxy groups -OCH3 is 1. The molecule has 0 radical (unpaired) electrons. The monoisotopic (exact) mass is 290 g/mol. The van der Waals surface area contributed by atoms with Crippen molar-refractivity contribution in [3.63, 3.8) is 0 Å². The molecular weight excluding hydrogens is 276 g/mol. The second-order valence-corrected chi connectivity index (χ2v) is 4.37. The number of rotatable bonds is 3. The fourth-order valence-corrected chi connectivity index (χ4v) is 1.47. The number of fused-ring (bicyclic) bond motifs is 1. The second-order valence-electron chi connectivity index (χ2n) is 3.47. The van der Waals surface area contributed by atoms with Crippen molar-refractivity contribution in [2.75, 3.05) is 13.9 Å². The maximum atomic E-state index is 8.74. The minimum Gasteiger partial charge on any atom is -0.493 e. The van der Waals surface area contributed by atoms with Crippen molar-refractivity contribution in [3.8, 4) is 17.2 Å². The fourth-order valence-electron chi connectivity index (χ4n) is 1.47. The third-order valence-corrected chi connectivity index (χ3v) is 2.10. The van der Waals surface area contributed by atoms with E-state index < -0.39 is 10.4 Å². The van der Waals surface area contributed by atoms with Crippen molar-refractivity contribution < 1.29 is 31.7 Å². The molecule has 0 bridgehead atoms. The Kier molecular flexibility index (Phi) is 5.16. The van der Waals surface area contributed by atoms with Gasteiger partial charge in [-0.3, -0.25) is 9.11 Å². The molecule has 2 rings (SSSR count). The minimum atomic E-state index is -4.67. The van der Waals surface area contributed by atoms with Crippen LogP contribution in [0.3, 0.4) is 0 Å². The van der Waals surface area contributed by atoms with Crippen molar-refractivity contribution in [1.29, 1.82) is 0 Å². The Morgan fingerprint density at radius 1 is 1.42 bits per heavy atom. The Labute approximate surface area is 111 Å². The van der Waals surface area contributed by atoms with Crippen LogP contribution in [0.25, 0.3) is 0 Å². The number of hydrogen-bond donors (Lipinski definition) is 2. The quantitative estimate of drug-likeness (QED) is 0.642. The van der Waals surface area contributed by atoms with E-state index in [9.17, 15) is 0 Å². The third-order valence-electron chi connectivity index (χ3n) is 2.10. The Morgan fingerprint density at radius 3 is 2.58 bits per heavy atom. The first kappa shape index (κ1) is 15.3. The molecule has 0 aromatic heterocycles. The van der Waals surface area contributed by atoms with Crippen molar-refractivity contribution in [2.24, 2.45) is 0 Å². The van der Waals surface area contributed by atoms with Crippen LogP contribution in [0, 0.1) is 0 Å². The molecule has 106 valence electrons. The average Bonchev–Trinajstić information content (AvgIpc) is 2.74. The molecule has 0 saturated heterocycles. The van der Waals surface area contributed by atoms with Crippen LogP contribution in [0.1, 0.15) is 5.56 Å². The van der Waals surface area contributed by atoms with Crippen LogP contribution < -0.4 is 14.2 Å². The number of benzene rings is 1. The first-order valence-corrected chi connectivity index (χ1v) is 6.52. The van der Waals surface area contributed by atoms with Crippen LogP contribution in [0.2, 0.25) is 0 Å². The maximum Gasteiger partial charge on any atom is 0.394 e. The smallest absolute Gasteiger partial charge is 0.394 e. The van der Waals surface area contributed by atoms with Gasteiger partial charge in [-0.15, -0.1) is 6.58 Å². The third kappa shape index (κ3) is 5.16. The van der Waals surface area contributed by atoms with Gasteiger partial charge in [0.2, 0.25) is 12.5 Å². The highest BCUT2D eigenvalue weighted by molar-refractivity contribution is 7.79. The molecular formula is C11H14O7S. The van der Waals surface area contributed by atoms with E-state index in [-0.39, 0.29) is 6.79 Å². The van der Waals surface area contributed by atoms with Gasteiger partial charge >= 0.3 is 10.4 Å². The zero-order valence-corrected chi connectivity index (χ0v) is 11.0. The highest BCUT2D eigenvalue weighted by Gasteiger charge is 2.19. The minimum absolute atomic E-state index is 0.267. The predicted molar refractivity (Wildman–Crippen MR) is 67.2 cm³/mol. The lowest BCUT2D eigenvalue weighted by Crippen LogP contribution is -1.93. The largest absolute Gasteiger partial charge is 0.493 e. The number of ether oxygens (including phenoxy) is 3. The summed E-state index contributed by atoms with van der Waals surface area (Å²) in [5.41, 5.74) is 1.11. The van der Waals surface area contributed by atoms with Gasteiger partial charge in [0, 0.05) is 0 Å². The van der Waals surface area contributed by atoms with Crippen molar-refractivity contribution in [1.82, 2.24) is 0 Å². The zero-order chi connectivity index (χ0) is 14.5. The zero-order valence-electron chi connectivity index (χ0n) is 10.2. The summed E-state index contributed by atoms with van der Waals surface area (Å²) in [7, 11) is -3.05. The number of allylic oxidation sites excluding steroid dienone is 1. The summed E-state index contributed by atoms with van der Waals surface area (Å²) in [5, 5.41) is 0. The molecule has 1 aromatic carbocycles. The molecule has 8 heteroatoms. The Morgan fingerprint density at radius 2 is 2.05 bits per heavy atom. The van der Waals surface area contributed by atoms with E-state index in [1.54, 1.807) is 7.11 Å². The standard InChI is InChI=1S/C11H12O3.H2O4S/c1-3-4-8-5-9(12-2)11-10(6-8)13-7-14-11;1-5(2,3)4/h3,5-6H,1,4,7H2,2H3;(H2,1,2,3,4). The molecule has 0 saturated carbocycles. The van der Waals surface area contributed by atoms with Crippen LogP contribution in [0.5, 0.6) is 17.2 Å². The summed E-state index contributed by atoms with van der Waals surface area (Å²) in [5.74, 6) is 2.17. The van der Waals surface area contributed by atoms with Crippen molar-refractivity contribution >= 4 is 10.4 Å². The van der Waals surface area contributed by atoms with Gasteiger partial charge in [-0.05, 0) is 24.1 Å². The molecule has 0 spiro atoms. The molecule has 0 aliphatic carbocycles. The fraction of sp³-hybridized carbons (Fsp3) is 0.273. The van der Waals surface area contributed by atoms with E-state index in [1.807, 2.05) is 18.2 Å². The molecule has 1 aliphatic heterocycles. The second kappa shape index (κ2) is 6.41. The summed E-state index contributed by atoms with van der Waals surface area (Å²) >= 11 is 0. The molecule has 1 heterocycles. The molecule has 7 nitrogen and oxygen atoms in total. The number of hydrogen-bond acceptors (Lipinski definition) is 5. The van der Waals surface area contributed by atoms with Crippen LogP contribution in [-0.2, 0) is 16.8 Å². The summed E-state index contributed by atoms with van der Waals surface area (Å²) in [6.45, 7) is 3.96. The summed E-state index contributed by atoms with van der Waals surface area (Å²) in [4.78, 5) is 0. The topological polar surface area (TPSA) is 102 Å². The van der Waals surface area contributed by atoms with Gasteiger partial charge in [0.05, 0.1) is 7.11 Å². The first-order chi connectivity index (χ1) is 8.85. The molecule has 19 heavy (non-hydrogen) atoms. The van der Waals surface area contributed by atoms with E-state index in [0.717, 1.165) is 23.5 Å². The normalized spacial score (nSPS) is 12.4. The SMILES string of the molecule is C=CCc1cc(OC)c2c(c1)OCO2.O=S(=O)(O)O. The van der Waals surface area contributed by atoms with Gasteiger partial charge in [0.15, 0.2) is 11.5 Å². The van der Waals surface area contributed by atoms with Crippen molar-refractivity contribution in [3.05, 3.63) is 30.4 Å². The lowest BCUT2D eigenvalue weighted by atomic mass is 10.1. The van der Waals surface area contributed by atoms with Gasteiger partial charge in [-0.2, -0.15) is 8.42 Å². The first-order valence-electron chi connectivity index (χ1n) is 5.12. The van der Waals surface area contributed by atoms with Crippen LogP contribution >= 0.6 is 0 Å². The van der Waals surface area contributed by atoms with E-state index in [4.69, 9.17) is 31.7 Å². The predicted octanol–water partition coefficient (Wildman–Crippen LogP) is 1.50. The van der Waals surface area contributed by atoms with E-state index in [1.165, 1.54) is 0 Å². The summed E-state index contributed by atoms with van der Waals surface area (Å²) in [6, 6.07) is 3.89. The molecule has 1 aliphatic rings. The molecule has 2 N–H and O–H groups in total. The van der Waals surface area contributed by atoms with Gasteiger partial charge in [0.1, 0.15) is 0 Å². The van der Waals surface area contributed by atoms with E-state index in [2.05, 4.69) is 6.58 Å². The molecule has 1 aromatic rings. The van der Waals surface area contributed by atoms with Gasteiger partial charge < -0.3 is 14.2 Å². The van der Waals surface area contributed by atoms with Crippen LogP contribution in [-0.4, -0.2) is 31.4 Å². The maximum absolute atomic E-state index is 8.74. The molecule has 0 unspecified atom stereocenters. The highest BCUT2D eigenvalue weighted by atomic mass is 32.3. The van der Waals surface area contributed by atoms with Gasteiger partial charge in [-0.25, -0.2) is 0 Å². The Hall–Kier alpha value is -1.77. The van der Waals surface area contributed by atoms with Crippen molar-refractivity contribution in [2.45, 2.75) is 6.42 Å². The van der Waals surface area contributed by atoms with Crippen LogP contribution in [0.15, 0.2) is 24.8 Å². The Balaban J connectivity index is 0.000000312. The van der Waals surface area contributed by atoms with Gasteiger partial charge in [0.25, 0.3) is 0 Å². The van der Waals surface area contributed by atoms with E-state index >= 15 is 0 Å². The highest BCUT2D eigenvalue weighted by Crippen LogP contribution is 2.41. The van der Waals surface area contributed by atoms with E-state index in [0.29, 0.717) is 5.75 Å². The lowest BCUT2D eigenvalue weighted by molar-refractivity contribution is 0.171.